The van der Waals surface area contributed by atoms with E-state index in [4.69, 9.17) is 9.47 Å². The summed E-state index contributed by atoms with van der Waals surface area (Å²) in [7, 11) is 0. The van der Waals surface area contributed by atoms with E-state index < -0.39 is 78.8 Å². The van der Waals surface area contributed by atoms with Gasteiger partial charge in [-0.05, 0) is 67.3 Å². The van der Waals surface area contributed by atoms with E-state index in [9.17, 15) is 27.2 Å². The molecule has 2 amide bonds. The molecular formula is C40H47F5N6O4. The molecule has 4 heterocycles. The van der Waals surface area contributed by atoms with Gasteiger partial charge in [-0.1, -0.05) is 58.0 Å². The smallest absolute Gasteiger partial charge is 0.271 e. The second-order valence-electron chi connectivity index (χ2n) is 15.8. The highest BCUT2D eigenvalue weighted by Gasteiger charge is 2.48. The molecule has 0 spiro atoms. The van der Waals surface area contributed by atoms with Crippen LogP contribution < -0.4 is 10.6 Å². The van der Waals surface area contributed by atoms with Gasteiger partial charge in [0.05, 0.1) is 35.9 Å². The van der Waals surface area contributed by atoms with E-state index in [1.807, 2.05) is 52.0 Å². The van der Waals surface area contributed by atoms with Gasteiger partial charge in [-0.15, -0.1) is 0 Å². The Balaban J connectivity index is 1.12. The average Bonchev–Trinajstić information content (AvgIpc) is 3.83. The molecule has 0 bridgehead atoms. The fraction of sp³-hybridized carbons (Fsp3) is 0.500. The molecule has 4 N–H and O–H groups in total. The SMILES string of the molecule is CC(C)C(NC(=O)[C@@]1(C)CCC(F)(F)CO1)c1ncc(-c2ccc(-c3ccc(-c4cnc(C(NC(=O)[C@@]5(C)CCC(F)(F)CO5)C(C)C)[nH]4)c(F)c3)cc2)[nH]1. The zero-order chi connectivity index (χ0) is 39.9. The van der Waals surface area contributed by atoms with Crippen LogP contribution in [0.1, 0.15) is 91.0 Å². The average molecular weight is 771 g/mol. The van der Waals surface area contributed by atoms with Crippen LogP contribution in [0, 0.1) is 17.7 Å². The van der Waals surface area contributed by atoms with Gasteiger partial charge in [0.2, 0.25) is 0 Å². The summed E-state index contributed by atoms with van der Waals surface area (Å²) < 4.78 is 80.9. The molecule has 2 fully saturated rings. The molecule has 15 heteroatoms. The number of carbonyl (C=O) groups is 2. The lowest BCUT2D eigenvalue weighted by atomic mass is 9.92. The molecule has 0 aliphatic carbocycles. The fourth-order valence-corrected chi connectivity index (χ4v) is 6.74. The van der Waals surface area contributed by atoms with Crippen molar-refractivity contribution in [1.82, 2.24) is 30.6 Å². The van der Waals surface area contributed by atoms with Crippen LogP contribution >= 0.6 is 0 Å². The van der Waals surface area contributed by atoms with Crippen molar-refractivity contribution in [3.63, 3.8) is 0 Å². The maximum Gasteiger partial charge on any atom is 0.271 e. The van der Waals surface area contributed by atoms with Crippen LogP contribution in [-0.4, -0.2) is 68.0 Å². The van der Waals surface area contributed by atoms with Gasteiger partial charge >= 0.3 is 0 Å². The van der Waals surface area contributed by atoms with Gasteiger partial charge in [0.1, 0.15) is 41.9 Å². The predicted octanol–water partition coefficient (Wildman–Crippen LogP) is 8.31. The van der Waals surface area contributed by atoms with E-state index in [0.717, 1.165) is 11.1 Å². The number of aromatic nitrogens is 4. The van der Waals surface area contributed by atoms with Crippen molar-refractivity contribution >= 4 is 11.8 Å². The van der Waals surface area contributed by atoms with Crippen molar-refractivity contribution in [1.29, 1.82) is 0 Å². The van der Waals surface area contributed by atoms with Gasteiger partial charge in [-0.2, -0.15) is 0 Å². The maximum atomic E-state index is 15.6. The molecule has 0 saturated carbocycles. The molecule has 0 radical (unpaired) electrons. The molecule has 2 aliphatic rings. The van der Waals surface area contributed by atoms with E-state index in [-0.39, 0.29) is 30.2 Å². The first-order valence-electron chi connectivity index (χ1n) is 18.4. The van der Waals surface area contributed by atoms with E-state index in [1.54, 1.807) is 18.3 Å². The zero-order valence-electron chi connectivity index (χ0n) is 31.7. The Morgan fingerprint density at radius 3 is 1.55 bits per heavy atom. The van der Waals surface area contributed by atoms with E-state index in [1.165, 1.54) is 26.1 Å². The molecule has 296 valence electrons. The first-order valence-corrected chi connectivity index (χ1v) is 18.4. The lowest BCUT2D eigenvalue weighted by Crippen LogP contribution is -2.53. The quantitative estimate of drug-likeness (QED) is 0.113. The summed E-state index contributed by atoms with van der Waals surface area (Å²) in [5, 5.41) is 5.82. The highest BCUT2D eigenvalue weighted by Crippen LogP contribution is 2.37. The summed E-state index contributed by atoms with van der Waals surface area (Å²) >= 11 is 0. The van der Waals surface area contributed by atoms with Crippen LogP contribution in [0.5, 0.6) is 0 Å². The van der Waals surface area contributed by atoms with Crippen molar-refractivity contribution < 1.29 is 41.0 Å². The lowest BCUT2D eigenvalue weighted by molar-refractivity contribution is -0.190. The van der Waals surface area contributed by atoms with Gasteiger partial charge in [0, 0.05) is 18.4 Å². The van der Waals surface area contributed by atoms with Crippen molar-refractivity contribution in [2.45, 2.75) is 102 Å². The molecule has 2 aromatic heterocycles. The fourth-order valence-electron chi connectivity index (χ4n) is 6.74. The standard InChI is InChI=1S/C40H47F5N6O4/c1-22(2)31(50-35(52)37(5)13-15-39(42,43)20-54-37)33-46-18-29(48-33)25-9-7-24(8-10-25)26-11-12-27(28(41)17-26)30-19-47-34(49-30)32(23(3)4)51-36(53)38(6)14-16-40(44,45)21-55-38/h7-12,17-19,22-23,31-32H,13-16,20-21H2,1-6H3,(H,46,48)(H,47,49)(H,50,52)(H,51,53)/t31?,32?,37-,38-/m1/s1. The minimum Gasteiger partial charge on any atom is -0.359 e. The van der Waals surface area contributed by atoms with Crippen LogP contribution in [0.15, 0.2) is 54.9 Å². The second kappa shape index (κ2) is 15.1. The Labute approximate surface area is 316 Å². The first-order chi connectivity index (χ1) is 25.8. The lowest BCUT2D eigenvalue weighted by Gasteiger charge is -2.37. The minimum absolute atomic E-state index is 0.0758. The van der Waals surface area contributed by atoms with E-state index in [2.05, 4.69) is 30.6 Å². The van der Waals surface area contributed by atoms with E-state index >= 15 is 4.39 Å². The molecule has 2 aliphatic heterocycles. The molecule has 2 saturated heterocycles. The normalized spacial score (nSPS) is 23.4. The monoisotopic (exact) mass is 770 g/mol. The Bertz CT molecular complexity index is 1990. The number of nitrogens with one attached hydrogen (secondary N) is 4. The van der Waals surface area contributed by atoms with Gasteiger partial charge in [0.25, 0.3) is 23.7 Å². The molecule has 2 aromatic carbocycles. The number of carbonyl (C=O) groups excluding carboxylic acids is 2. The van der Waals surface area contributed by atoms with Gasteiger partial charge in [-0.25, -0.2) is 31.9 Å². The highest BCUT2D eigenvalue weighted by molar-refractivity contribution is 5.86. The Morgan fingerprint density at radius 1 is 0.673 bits per heavy atom. The number of aromatic amines is 2. The number of rotatable bonds is 11. The number of alkyl halides is 4. The zero-order valence-corrected chi connectivity index (χ0v) is 31.7. The van der Waals surface area contributed by atoms with Crippen LogP contribution in [0.3, 0.4) is 0 Å². The molecule has 10 nitrogen and oxygen atoms in total. The third-order valence-corrected chi connectivity index (χ3v) is 10.6. The number of halogens is 5. The van der Waals surface area contributed by atoms with Crippen LogP contribution in [0.4, 0.5) is 22.0 Å². The molecule has 4 atom stereocenters. The van der Waals surface area contributed by atoms with Crippen molar-refractivity contribution in [2.75, 3.05) is 13.2 Å². The number of benzene rings is 2. The highest BCUT2D eigenvalue weighted by atomic mass is 19.3. The number of H-pyrrole nitrogens is 2. The van der Waals surface area contributed by atoms with Gasteiger partial charge < -0.3 is 30.1 Å². The topological polar surface area (TPSA) is 134 Å². The van der Waals surface area contributed by atoms with Crippen molar-refractivity contribution in [3.05, 3.63) is 72.3 Å². The number of imidazole rings is 2. The van der Waals surface area contributed by atoms with Crippen molar-refractivity contribution in [2.24, 2.45) is 11.8 Å². The Kier molecular flexibility index (Phi) is 11.0. The molecule has 55 heavy (non-hydrogen) atoms. The number of amides is 2. The Morgan fingerprint density at radius 2 is 1.11 bits per heavy atom. The maximum absolute atomic E-state index is 15.6. The van der Waals surface area contributed by atoms with Crippen LogP contribution in [0.2, 0.25) is 0 Å². The third-order valence-electron chi connectivity index (χ3n) is 10.6. The molecule has 2 unspecified atom stereocenters. The predicted molar refractivity (Wildman–Crippen MR) is 196 cm³/mol. The second-order valence-corrected chi connectivity index (χ2v) is 15.8. The van der Waals surface area contributed by atoms with Gasteiger partial charge in [-0.3, -0.25) is 9.59 Å². The summed E-state index contributed by atoms with van der Waals surface area (Å²) in [6.45, 7) is 8.98. The number of hydrogen-bond donors (Lipinski definition) is 4. The van der Waals surface area contributed by atoms with Crippen molar-refractivity contribution in [3.8, 4) is 33.6 Å². The molecule has 4 aromatic rings. The summed E-state index contributed by atoms with van der Waals surface area (Å²) in [6, 6.07) is 11.2. The molecular weight excluding hydrogens is 723 g/mol. The largest absolute Gasteiger partial charge is 0.359 e. The number of hydrogen-bond acceptors (Lipinski definition) is 6. The third kappa shape index (κ3) is 8.77. The van der Waals surface area contributed by atoms with Crippen LogP contribution in [-0.2, 0) is 19.1 Å². The Hall–Kier alpha value is -4.63. The summed E-state index contributed by atoms with van der Waals surface area (Å²) in [4.78, 5) is 41.7. The summed E-state index contributed by atoms with van der Waals surface area (Å²) in [6.07, 6.45) is 2.03. The number of ether oxygens (including phenoxy) is 2. The van der Waals surface area contributed by atoms with Gasteiger partial charge in [0.15, 0.2) is 0 Å². The summed E-state index contributed by atoms with van der Waals surface area (Å²) in [5.41, 5.74) is 0.794. The molecule has 6 rings (SSSR count). The van der Waals surface area contributed by atoms with E-state index in [0.29, 0.717) is 28.6 Å². The first kappa shape index (κ1) is 40.0. The van der Waals surface area contributed by atoms with Crippen LogP contribution in [0.25, 0.3) is 33.6 Å². The minimum atomic E-state index is -2.97. The number of nitrogens with zero attached hydrogens (tertiary/aromatic N) is 2. The summed E-state index contributed by atoms with van der Waals surface area (Å²) in [5.74, 6) is -6.72.